The largest absolute Gasteiger partial charge is 0.490 e. The average molecular weight is 663 g/mol. The van der Waals surface area contributed by atoms with Gasteiger partial charge in [-0.15, -0.1) is 0 Å². The van der Waals surface area contributed by atoms with Gasteiger partial charge in [0, 0.05) is 51.9 Å². The molecule has 0 aromatic carbocycles. The molecule has 44 heavy (non-hydrogen) atoms. The Bertz CT molecular complexity index is 984. The summed E-state index contributed by atoms with van der Waals surface area (Å²) < 4.78 is 112. The van der Waals surface area contributed by atoms with Gasteiger partial charge < -0.3 is 29.5 Å². The monoisotopic (exact) mass is 663 g/mol. The van der Waals surface area contributed by atoms with E-state index in [1.165, 1.54) is 0 Å². The number of carbonyl (C=O) groups is 3. The Morgan fingerprint density at radius 1 is 0.909 bits per heavy atom. The van der Waals surface area contributed by atoms with E-state index in [9.17, 15) is 39.5 Å². The molecule has 21 heteroatoms. The fourth-order valence-corrected chi connectivity index (χ4v) is 3.53. The number of morpholine rings is 1. The van der Waals surface area contributed by atoms with Gasteiger partial charge in [0.15, 0.2) is 0 Å². The van der Waals surface area contributed by atoms with E-state index in [0.717, 1.165) is 58.1 Å². The Kier molecular flexibility index (Phi) is 17.0. The van der Waals surface area contributed by atoms with E-state index in [1.54, 1.807) is 14.2 Å². The number of aromatic nitrogens is 1. The molecule has 0 radical (unpaired) electrons. The molecule has 3 rings (SSSR count). The van der Waals surface area contributed by atoms with Crippen molar-refractivity contribution in [2.45, 2.75) is 43.6 Å². The number of pyridine rings is 1. The van der Waals surface area contributed by atoms with Crippen LogP contribution in [0.15, 0.2) is 18.2 Å². The predicted octanol–water partition coefficient (Wildman–Crippen LogP) is 2.91. The van der Waals surface area contributed by atoms with Gasteiger partial charge in [-0.1, -0.05) is 6.07 Å². The molecular weight excluding hydrogens is 633 g/mol. The molecule has 0 saturated carbocycles. The van der Waals surface area contributed by atoms with Crippen LogP contribution < -0.4 is 4.74 Å². The molecule has 2 saturated heterocycles. The lowest BCUT2D eigenvalue weighted by Crippen LogP contribution is -2.60. The number of rotatable bonds is 6. The molecule has 3 N–H and O–H groups in total. The molecule has 0 aliphatic carbocycles. The molecule has 2 atom stereocenters. The molecule has 2 aliphatic heterocycles. The summed E-state index contributed by atoms with van der Waals surface area (Å²) in [6.45, 7) is 6.52. The number of hydrogen-bond donors (Lipinski definition) is 3. The highest BCUT2D eigenvalue weighted by Gasteiger charge is 2.40. The summed E-state index contributed by atoms with van der Waals surface area (Å²) in [4.78, 5) is 36.2. The van der Waals surface area contributed by atoms with Crippen molar-refractivity contribution in [3.8, 4) is 5.88 Å². The summed E-state index contributed by atoms with van der Waals surface area (Å²) in [6.07, 6.45) is -13.8. The molecule has 1 aromatic heterocycles. The van der Waals surface area contributed by atoms with E-state index >= 15 is 0 Å². The lowest BCUT2D eigenvalue weighted by Gasteiger charge is -2.47. The highest BCUT2D eigenvalue weighted by atomic mass is 19.4. The second-order valence-electron chi connectivity index (χ2n) is 8.61. The fraction of sp³-hybridized carbons (Fsp3) is 0.652. The standard InChI is InChI=1S/C17H27N3O3.3C2HF3O2/c1-21-10-8-20-9-11-23-16-6-7-19(13-15(16)20)12-14-4-3-5-17(18-14)22-2;3*3-2(4,5)1(6)7/h3-5,15-16H,6-13H2,1-2H3;3*(H,6,7)/t15-,16-;;;/m0.../s1. The van der Waals surface area contributed by atoms with E-state index in [0.29, 0.717) is 18.0 Å². The Labute approximate surface area is 243 Å². The normalized spacial score (nSPS) is 19.0. The van der Waals surface area contributed by atoms with E-state index < -0.39 is 36.4 Å². The van der Waals surface area contributed by atoms with Crippen LogP contribution in [0.1, 0.15) is 12.1 Å². The molecule has 3 heterocycles. The number of nitrogens with zero attached hydrogens (tertiary/aromatic N) is 3. The molecule has 12 nitrogen and oxygen atoms in total. The molecular formula is C23H30F9N3O9. The maximum absolute atomic E-state index is 10.6. The van der Waals surface area contributed by atoms with Crippen molar-refractivity contribution < 1.29 is 83.4 Å². The second-order valence-corrected chi connectivity index (χ2v) is 8.61. The summed E-state index contributed by atoms with van der Waals surface area (Å²) in [6, 6.07) is 6.41. The maximum Gasteiger partial charge on any atom is 0.490 e. The van der Waals surface area contributed by atoms with E-state index in [1.807, 2.05) is 12.1 Å². The van der Waals surface area contributed by atoms with Crippen LogP contribution in [0.3, 0.4) is 0 Å². The van der Waals surface area contributed by atoms with Crippen LogP contribution in [-0.2, 0) is 30.4 Å². The molecule has 1 aromatic rings. The number of carboxylic acid groups (broad SMARTS) is 3. The van der Waals surface area contributed by atoms with Gasteiger partial charge in [0.1, 0.15) is 0 Å². The number of piperidine rings is 1. The highest BCUT2D eigenvalue weighted by Crippen LogP contribution is 2.24. The zero-order chi connectivity index (χ0) is 34.3. The smallest absolute Gasteiger partial charge is 0.481 e. The van der Waals surface area contributed by atoms with Crippen LogP contribution in [0.25, 0.3) is 0 Å². The predicted molar refractivity (Wildman–Crippen MR) is 129 cm³/mol. The number of likely N-dealkylation sites (tertiary alicyclic amines) is 1. The number of hydrogen-bond acceptors (Lipinski definition) is 9. The van der Waals surface area contributed by atoms with Crippen molar-refractivity contribution in [3.05, 3.63) is 23.9 Å². The number of ether oxygens (including phenoxy) is 3. The van der Waals surface area contributed by atoms with Gasteiger partial charge in [-0.05, 0) is 12.5 Å². The van der Waals surface area contributed by atoms with Crippen molar-refractivity contribution in [2.75, 3.05) is 53.6 Å². The van der Waals surface area contributed by atoms with Crippen LogP contribution in [0.2, 0.25) is 0 Å². The molecule has 2 aliphatic rings. The summed E-state index contributed by atoms with van der Waals surface area (Å²) in [5, 5.41) is 21.4. The quantitative estimate of drug-likeness (QED) is 0.383. The van der Waals surface area contributed by atoms with Crippen molar-refractivity contribution in [1.82, 2.24) is 14.8 Å². The van der Waals surface area contributed by atoms with Crippen LogP contribution in [0, 0.1) is 0 Å². The summed E-state index contributed by atoms with van der Waals surface area (Å²) >= 11 is 0. The lowest BCUT2D eigenvalue weighted by atomic mass is 9.98. The molecule has 0 amide bonds. The topological polar surface area (TPSA) is 159 Å². The first-order valence-corrected chi connectivity index (χ1v) is 12.1. The highest BCUT2D eigenvalue weighted by molar-refractivity contribution is 5.73. The molecule has 254 valence electrons. The number of halogens is 9. The first-order chi connectivity index (χ1) is 20.1. The minimum Gasteiger partial charge on any atom is -0.481 e. The minimum atomic E-state index is -5.08. The van der Waals surface area contributed by atoms with Gasteiger partial charge in [-0.2, -0.15) is 39.5 Å². The van der Waals surface area contributed by atoms with Crippen molar-refractivity contribution in [1.29, 1.82) is 0 Å². The third kappa shape index (κ3) is 16.4. The Morgan fingerprint density at radius 3 is 1.84 bits per heavy atom. The van der Waals surface area contributed by atoms with E-state index in [-0.39, 0.29) is 0 Å². The van der Waals surface area contributed by atoms with Crippen LogP contribution in [0.4, 0.5) is 39.5 Å². The summed E-state index contributed by atoms with van der Waals surface area (Å²) in [7, 11) is 3.42. The third-order valence-corrected chi connectivity index (χ3v) is 5.47. The third-order valence-electron chi connectivity index (χ3n) is 5.47. The Morgan fingerprint density at radius 2 is 1.41 bits per heavy atom. The van der Waals surface area contributed by atoms with Gasteiger partial charge >= 0.3 is 36.4 Å². The van der Waals surface area contributed by atoms with Gasteiger partial charge in [-0.3, -0.25) is 9.80 Å². The maximum atomic E-state index is 10.6. The zero-order valence-electron chi connectivity index (χ0n) is 23.1. The number of methoxy groups -OCH3 is 2. The Hall–Kier alpha value is -3.43. The van der Waals surface area contributed by atoms with Gasteiger partial charge in [-0.25, -0.2) is 19.4 Å². The van der Waals surface area contributed by atoms with Crippen molar-refractivity contribution >= 4 is 17.9 Å². The number of carboxylic acids is 3. The Balaban J connectivity index is 0.000000721. The number of alkyl halides is 9. The number of aliphatic carboxylic acids is 3. The zero-order valence-corrected chi connectivity index (χ0v) is 23.1. The summed E-state index contributed by atoms with van der Waals surface area (Å²) in [5.41, 5.74) is 1.06. The number of fused-ring (bicyclic) bond motifs is 1. The van der Waals surface area contributed by atoms with Gasteiger partial charge in [0.05, 0.1) is 32.1 Å². The van der Waals surface area contributed by atoms with Crippen molar-refractivity contribution in [2.24, 2.45) is 0 Å². The SMILES string of the molecule is COCCN1CCO[C@H]2CCN(Cc3cccc(OC)n3)C[C@@H]21.O=C(O)C(F)(F)F.O=C(O)C(F)(F)F.O=C(O)C(F)(F)F. The van der Waals surface area contributed by atoms with Gasteiger partial charge in [0.2, 0.25) is 5.88 Å². The van der Waals surface area contributed by atoms with Crippen LogP contribution in [-0.4, -0.2) is 132 Å². The van der Waals surface area contributed by atoms with Crippen molar-refractivity contribution in [3.63, 3.8) is 0 Å². The molecule has 0 bridgehead atoms. The first kappa shape index (κ1) is 40.6. The van der Waals surface area contributed by atoms with E-state index in [4.69, 9.17) is 43.9 Å². The second kappa shape index (κ2) is 18.4. The molecule has 2 fully saturated rings. The molecule has 0 spiro atoms. The van der Waals surface area contributed by atoms with E-state index in [2.05, 4.69) is 20.9 Å². The van der Waals surface area contributed by atoms with Crippen LogP contribution in [0.5, 0.6) is 5.88 Å². The molecule has 0 unspecified atom stereocenters. The summed E-state index contributed by atoms with van der Waals surface area (Å²) in [5.74, 6) is -7.59. The van der Waals surface area contributed by atoms with Gasteiger partial charge in [0.25, 0.3) is 0 Å². The minimum absolute atomic E-state index is 0.357. The first-order valence-electron chi connectivity index (χ1n) is 12.1. The lowest BCUT2D eigenvalue weighted by molar-refractivity contribution is -0.193. The fourth-order valence-electron chi connectivity index (χ4n) is 3.53. The average Bonchev–Trinajstić information content (AvgIpc) is 2.91. The van der Waals surface area contributed by atoms with Crippen LogP contribution >= 0.6 is 0 Å².